The van der Waals surface area contributed by atoms with Crippen LogP contribution >= 0.6 is 0 Å². The van der Waals surface area contributed by atoms with Gasteiger partial charge >= 0.3 is 5.97 Å². The summed E-state index contributed by atoms with van der Waals surface area (Å²) in [6.07, 6.45) is 0.224. The molecule has 0 bridgehead atoms. The van der Waals surface area contributed by atoms with Gasteiger partial charge in [0.1, 0.15) is 0 Å². The van der Waals surface area contributed by atoms with Crippen LogP contribution < -0.4 is 5.73 Å². The second-order valence-corrected chi connectivity index (χ2v) is 3.24. The van der Waals surface area contributed by atoms with Gasteiger partial charge in [-0.1, -0.05) is 24.3 Å². The Hall–Kier alpha value is -1.35. The molecule has 0 fully saturated rings. The van der Waals surface area contributed by atoms with Crippen LogP contribution in [0, 0.1) is 6.92 Å². The average molecular weight is 193 g/mol. The summed E-state index contributed by atoms with van der Waals surface area (Å²) in [5.74, 6) is -0.277. The first kappa shape index (κ1) is 10.7. The van der Waals surface area contributed by atoms with Crippen LogP contribution in [0.15, 0.2) is 24.3 Å². The van der Waals surface area contributed by atoms with Gasteiger partial charge in [-0.25, -0.2) is 0 Å². The number of benzene rings is 1. The maximum Gasteiger partial charge on any atom is 0.307 e. The minimum absolute atomic E-state index is 0.224. The molecule has 1 aromatic carbocycles. The number of carbonyl (C=O) groups is 1. The smallest absolute Gasteiger partial charge is 0.307 e. The van der Waals surface area contributed by atoms with Crippen molar-refractivity contribution >= 4 is 5.97 Å². The van der Waals surface area contributed by atoms with Gasteiger partial charge in [0, 0.05) is 6.04 Å². The summed E-state index contributed by atoms with van der Waals surface area (Å²) in [4.78, 5) is 11.0. The van der Waals surface area contributed by atoms with Gasteiger partial charge in [0.15, 0.2) is 0 Å². The van der Waals surface area contributed by atoms with Crippen molar-refractivity contribution in [3.63, 3.8) is 0 Å². The standard InChI is InChI=1S/C11H15NO2/c1-8-5-3-4-6-9(8)10(12)7-11(13)14-2/h3-6,10H,7,12H2,1-2H3/t10-/m1/s1. The van der Waals surface area contributed by atoms with E-state index in [1.165, 1.54) is 7.11 Å². The van der Waals surface area contributed by atoms with Crippen LogP contribution in [0.25, 0.3) is 0 Å². The highest BCUT2D eigenvalue weighted by Crippen LogP contribution is 2.18. The van der Waals surface area contributed by atoms with Gasteiger partial charge in [0.25, 0.3) is 0 Å². The van der Waals surface area contributed by atoms with Crippen molar-refractivity contribution in [1.29, 1.82) is 0 Å². The van der Waals surface area contributed by atoms with E-state index in [4.69, 9.17) is 5.73 Å². The Balaban J connectivity index is 2.74. The van der Waals surface area contributed by atoms with Gasteiger partial charge < -0.3 is 10.5 Å². The first-order valence-corrected chi connectivity index (χ1v) is 4.53. The molecule has 14 heavy (non-hydrogen) atoms. The largest absolute Gasteiger partial charge is 0.469 e. The number of carbonyl (C=O) groups excluding carboxylic acids is 1. The van der Waals surface area contributed by atoms with Gasteiger partial charge in [0.05, 0.1) is 13.5 Å². The van der Waals surface area contributed by atoms with E-state index in [0.29, 0.717) is 0 Å². The Morgan fingerprint density at radius 2 is 2.14 bits per heavy atom. The normalized spacial score (nSPS) is 12.2. The molecule has 0 aromatic heterocycles. The van der Waals surface area contributed by atoms with Crippen molar-refractivity contribution < 1.29 is 9.53 Å². The lowest BCUT2D eigenvalue weighted by molar-refractivity contribution is -0.141. The van der Waals surface area contributed by atoms with Crippen LogP contribution in [0.5, 0.6) is 0 Å². The molecule has 0 amide bonds. The SMILES string of the molecule is COC(=O)C[C@@H](N)c1ccccc1C. The molecule has 0 spiro atoms. The van der Waals surface area contributed by atoms with Crippen LogP contribution in [0.2, 0.25) is 0 Å². The second kappa shape index (κ2) is 4.77. The molecule has 0 saturated carbocycles. The highest BCUT2D eigenvalue weighted by Gasteiger charge is 2.12. The highest BCUT2D eigenvalue weighted by molar-refractivity contribution is 5.70. The fourth-order valence-electron chi connectivity index (χ4n) is 1.38. The number of ether oxygens (including phenoxy) is 1. The molecule has 0 aliphatic heterocycles. The molecule has 3 nitrogen and oxygen atoms in total. The summed E-state index contributed by atoms with van der Waals surface area (Å²) < 4.78 is 4.56. The van der Waals surface area contributed by atoms with E-state index in [2.05, 4.69) is 4.74 Å². The lowest BCUT2D eigenvalue weighted by Crippen LogP contribution is -2.17. The van der Waals surface area contributed by atoms with Gasteiger partial charge in [0.2, 0.25) is 0 Å². The average Bonchev–Trinajstić information content (AvgIpc) is 2.18. The van der Waals surface area contributed by atoms with Crippen LogP contribution in [-0.2, 0) is 9.53 Å². The molecule has 0 heterocycles. The molecule has 3 heteroatoms. The highest BCUT2D eigenvalue weighted by atomic mass is 16.5. The Bertz CT molecular complexity index is 323. The molecular formula is C11H15NO2. The van der Waals surface area contributed by atoms with Crippen molar-refractivity contribution in [2.24, 2.45) is 5.73 Å². The van der Waals surface area contributed by atoms with Crippen LogP contribution in [0.3, 0.4) is 0 Å². The second-order valence-electron chi connectivity index (χ2n) is 3.24. The van der Waals surface area contributed by atoms with E-state index >= 15 is 0 Å². The van der Waals surface area contributed by atoms with Crippen molar-refractivity contribution in [3.8, 4) is 0 Å². The Morgan fingerprint density at radius 3 is 2.71 bits per heavy atom. The predicted molar refractivity (Wildman–Crippen MR) is 54.7 cm³/mol. The first-order chi connectivity index (χ1) is 6.65. The minimum Gasteiger partial charge on any atom is -0.469 e. The molecule has 0 aliphatic carbocycles. The zero-order valence-electron chi connectivity index (χ0n) is 8.49. The monoisotopic (exact) mass is 193 g/mol. The van der Waals surface area contributed by atoms with Crippen LogP contribution in [-0.4, -0.2) is 13.1 Å². The van der Waals surface area contributed by atoms with Crippen molar-refractivity contribution in [2.45, 2.75) is 19.4 Å². The zero-order valence-corrected chi connectivity index (χ0v) is 8.49. The minimum atomic E-state index is -0.277. The summed E-state index contributed by atoms with van der Waals surface area (Å²) in [6, 6.07) is 7.50. The number of aryl methyl sites for hydroxylation is 1. The van der Waals surface area contributed by atoms with E-state index in [1.807, 2.05) is 31.2 Å². The van der Waals surface area contributed by atoms with E-state index in [-0.39, 0.29) is 18.4 Å². The number of nitrogens with two attached hydrogens (primary N) is 1. The summed E-state index contributed by atoms with van der Waals surface area (Å²) in [6.45, 7) is 1.98. The van der Waals surface area contributed by atoms with Gasteiger partial charge in [-0.3, -0.25) is 4.79 Å². The number of esters is 1. The van der Waals surface area contributed by atoms with Crippen LogP contribution in [0.4, 0.5) is 0 Å². The molecule has 1 atom stereocenters. The Labute approximate surface area is 83.9 Å². The summed E-state index contributed by atoms with van der Waals surface area (Å²) in [7, 11) is 1.37. The molecule has 0 saturated heterocycles. The maximum atomic E-state index is 11.0. The molecule has 76 valence electrons. The first-order valence-electron chi connectivity index (χ1n) is 4.53. The lowest BCUT2D eigenvalue weighted by atomic mass is 10.00. The predicted octanol–water partition coefficient (Wildman–Crippen LogP) is 1.56. The third-order valence-electron chi connectivity index (χ3n) is 2.20. The van der Waals surface area contributed by atoms with Crippen molar-refractivity contribution in [1.82, 2.24) is 0 Å². The van der Waals surface area contributed by atoms with Crippen LogP contribution in [0.1, 0.15) is 23.6 Å². The third-order valence-corrected chi connectivity index (χ3v) is 2.20. The molecule has 2 N–H and O–H groups in total. The fraction of sp³-hybridized carbons (Fsp3) is 0.364. The summed E-state index contributed by atoms with van der Waals surface area (Å²) in [5, 5.41) is 0. The lowest BCUT2D eigenvalue weighted by Gasteiger charge is -2.12. The van der Waals surface area contributed by atoms with Gasteiger partial charge in [-0.2, -0.15) is 0 Å². The van der Waals surface area contributed by atoms with E-state index in [0.717, 1.165) is 11.1 Å². The summed E-state index contributed by atoms with van der Waals surface area (Å²) >= 11 is 0. The van der Waals surface area contributed by atoms with Gasteiger partial charge in [-0.15, -0.1) is 0 Å². The van der Waals surface area contributed by atoms with Crippen molar-refractivity contribution in [2.75, 3.05) is 7.11 Å². The third kappa shape index (κ3) is 2.57. The quantitative estimate of drug-likeness (QED) is 0.741. The zero-order chi connectivity index (χ0) is 10.6. The van der Waals surface area contributed by atoms with Gasteiger partial charge in [-0.05, 0) is 18.1 Å². The number of hydrogen-bond acceptors (Lipinski definition) is 3. The Kier molecular flexibility index (Phi) is 3.65. The molecule has 0 aliphatic rings. The van der Waals surface area contributed by atoms with E-state index < -0.39 is 0 Å². The molecule has 1 rings (SSSR count). The molecule has 0 unspecified atom stereocenters. The number of rotatable bonds is 3. The Morgan fingerprint density at radius 1 is 1.50 bits per heavy atom. The maximum absolute atomic E-state index is 11.0. The van der Waals surface area contributed by atoms with E-state index in [9.17, 15) is 4.79 Å². The molecule has 1 aromatic rings. The fourth-order valence-corrected chi connectivity index (χ4v) is 1.38. The number of methoxy groups -OCH3 is 1. The topological polar surface area (TPSA) is 52.3 Å². The molecular weight excluding hydrogens is 178 g/mol. The van der Waals surface area contributed by atoms with Crippen molar-refractivity contribution in [3.05, 3.63) is 35.4 Å². The summed E-state index contributed by atoms with van der Waals surface area (Å²) in [5.41, 5.74) is 7.97. The number of hydrogen-bond donors (Lipinski definition) is 1. The molecule has 0 radical (unpaired) electrons. The van der Waals surface area contributed by atoms with E-state index in [1.54, 1.807) is 0 Å².